The first-order chi connectivity index (χ1) is 10.2. The Hall–Kier alpha value is -1.37. The zero-order valence-corrected chi connectivity index (χ0v) is 12.3. The number of hydrogen-bond acceptors (Lipinski definition) is 2. The Labute approximate surface area is 126 Å². The minimum absolute atomic E-state index is 0.239. The van der Waals surface area contributed by atoms with Gasteiger partial charge in [0.2, 0.25) is 0 Å². The first kappa shape index (κ1) is 17.0. The molecule has 1 fully saturated rings. The summed E-state index contributed by atoms with van der Waals surface area (Å²) in [5.74, 6) is -1.53. The van der Waals surface area contributed by atoms with Crippen LogP contribution in [0.5, 0.6) is 0 Å². The van der Waals surface area contributed by atoms with E-state index in [1.807, 2.05) is 4.90 Å². The largest absolute Gasteiger partial charge is 0.401 e. The van der Waals surface area contributed by atoms with Gasteiger partial charge in [-0.05, 0) is 37.8 Å². The van der Waals surface area contributed by atoms with Crippen LogP contribution in [-0.4, -0.2) is 31.9 Å². The number of nitrogens with zero attached hydrogens (tertiary/aromatic N) is 1. The Morgan fingerprint density at radius 1 is 1.27 bits per heavy atom. The van der Waals surface area contributed by atoms with Crippen LogP contribution in [0.25, 0.3) is 0 Å². The van der Waals surface area contributed by atoms with Crippen molar-refractivity contribution in [3.63, 3.8) is 0 Å². The number of halogens is 5. The predicted octanol–water partition coefficient (Wildman–Crippen LogP) is 3.72. The minimum atomic E-state index is -4.21. The Balaban J connectivity index is 1.83. The van der Waals surface area contributed by atoms with E-state index in [9.17, 15) is 22.0 Å². The van der Waals surface area contributed by atoms with Crippen LogP contribution in [0, 0.1) is 17.6 Å². The second-order valence-corrected chi connectivity index (χ2v) is 5.83. The number of anilines is 1. The summed E-state index contributed by atoms with van der Waals surface area (Å²) in [7, 11) is 0. The van der Waals surface area contributed by atoms with Crippen molar-refractivity contribution in [3.8, 4) is 0 Å². The van der Waals surface area contributed by atoms with Crippen LogP contribution in [0.1, 0.15) is 19.8 Å². The Kier molecular flexibility index (Phi) is 5.26. The molecule has 2 atom stereocenters. The monoisotopic (exact) mass is 322 g/mol. The second-order valence-electron chi connectivity index (χ2n) is 5.83. The summed E-state index contributed by atoms with van der Waals surface area (Å²) in [6, 6.07) is 3.53. The smallest absolute Gasteiger partial charge is 0.371 e. The van der Waals surface area contributed by atoms with Gasteiger partial charge >= 0.3 is 6.18 Å². The highest BCUT2D eigenvalue weighted by atomic mass is 19.4. The molecule has 2 rings (SSSR count). The number of hydrogen-bond donors (Lipinski definition) is 1. The van der Waals surface area contributed by atoms with E-state index in [0.29, 0.717) is 25.2 Å². The summed E-state index contributed by atoms with van der Waals surface area (Å²) in [6.07, 6.45) is -2.76. The van der Waals surface area contributed by atoms with Crippen LogP contribution in [-0.2, 0) is 0 Å². The number of benzene rings is 1. The number of nitrogens with one attached hydrogen (secondary N) is 1. The van der Waals surface area contributed by atoms with Crippen molar-refractivity contribution in [2.24, 2.45) is 5.92 Å². The molecule has 1 aromatic rings. The lowest BCUT2D eigenvalue weighted by Crippen LogP contribution is -2.36. The predicted molar refractivity (Wildman–Crippen MR) is 74.8 cm³/mol. The third-order valence-electron chi connectivity index (χ3n) is 3.89. The highest BCUT2D eigenvalue weighted by molar-refractivity contribution is 5.47. The fourth-order valence-electron chi connectivity index (χ4n) is 2.81. The normalized spacial score (nSPS) is 20.5. The lowest BCUT2D eigenvalue weighted by molar-refractivity contribution is -0.126. The van der Waals surface area contributed by atoms with Crippen molar-refractivity contribution in [3.05, 3.63) is 29.8 Å². The fourth-order valence-corrected chi connectivity index (χ4v) is 2.81. The molecule has 0 bridgehead atoms. The molecule has 22 heavy (non-hydrogen) atoms. The lowest BCUT2D eigenvalue weighted by Gasteiger charge is -2.21. The Morgan fingerprint density at radius 3 is 2.64 bits per heavy atom. The van der Waals surface area contributed by atoms with Gasteiger partial charge in [-0.2, -0.15) is 13.2 Å². The SMILES string of the molecule is CC(CC1CCN(c2ccc(F)c(F)c2)C1)NCC(F)(F)F. The van der Waals surface area contributed by atoms with Crippen molar-refractivity contribution in [2.45, 2.75) is 32.0 Å². The van der Waals surface area contributed by atoms with Gasteiger partial charge in [-0.1, -0.05) is 0 Å². The van der Waals surface area contributed by atoms with E-state index >= 15 is 0 Å². The highest BCUT2D eigenvalue weighted by Crippen LogP contribution is 2.27. The van der Waals surface area contributed by atoms with Gasteiger partial charge in [-0.25, -0.2) is 8.78 Å². The van der Waals surface area contributed by atoms with Crippen LogP contribution in [0.4, 0.5) is 27.6 Å². The van der Waals surface area contributed by atoms with E-state index in [-0.39, 0.29) is 12.0 Å². The van der Waals surface area contributed by atoms with E-state index in [4.69, 9.17) is 0 Å². The maximum atomic E-state index is 13.2. The van der Waals surface area contributed by atoms with Crippen LogP contribution >= 0.6 is 0 Å². The van der Waals surface area contributed by atoms with Gasteiger partial charge < -0.3 is 10.2 Å². The molecule has 1 N–H and O–H groups in total. The van der Waals surface area contributed by atoms with Crippen molar-refractivity contribution in [1.29, 1.82) is 0 Å². The van der Waals surface area contributed by atoms with Crippen molar-refractivity contribution in [2.75, 3.05) is 24.5 Å². The van der Waals surface area contributed by atoms with E-state index in [1.165, 1.54) is 6.07 Å². The summed E-state index contributed by atoms with van der Waals surface area (Å²) < 4.78 is 62.6. The summed E-state index contributed by atoms with van der Waals surface area (Å²) in [4.78, 5) is 1.93. The molecule has 1 aliphatic rings. The third kappa shape index (κ3) is 4.83. The topological polar surface area (TPSA) is 15.3 Å². The van der Waals surface area contributed by atoms with E-state index in [1.54, 1.807) is 6.92 Å². The molecule has 1 heterocycles. The van der Waals surface area contributed by atoms with Gasteiger partial charge in [0.05, 0.1) is 6.54 Å². The van der Waals surface area contributed by atoms with Crippen molar-refractivity contribution >= 4 is 5.69 Å². The van der Waals surface area contributed by atoms with Crippen LogP contribution in [0.2, 0.25) is 0 Å². The molecule has 0 aliphatic carbocycles. The van der Waals surface area contributed by atoms with E-state index in [0.717, 1.165) is 18.6 Å². The maximum absolute atomic E-state index is 13.2. The average molecular weight is 322 g/mol. The summed E-state index contributed by atoms with van der Waals surface area (Å²) >= 11 is 0. The zero-order chi connectivity index (χ0) is 16.3. The molecule has 2 unspecified atom stereocenters. The number of rotatable bonds is 5. The third-order valence-corrected chi connectivity index (χ3v) is 3.89. The summed E-state index contributed by atoms with van der Waals surface area (Å²) in [6.45, 7) is 2.07. The Morgan fingerprint density at radius 2 is 2.00 bits per heavy atom. The van der Waals surface area contributed by atoms with Gasteiger partial charge in [0.1, 0.15) is 0 Å². The molecule has 0 saturated carbocycles. The first-order valence-corrected chi connectivity index (χ1v) is 7.25. The molecule has 0 radical (unpaired) electrons. The van der Waals surface area contributed by atoms with Crippen molar-refractivity contribution < 1.29 is 22.0 Å². The number of alkyl halides is 3. The summed E-state index contributed by atoms with van der Waals surface area (Å²) in [5, 5.41) is 2.47. The first-order valence-electron chi connectivity index (χ1n) is 7.25. The zero-order valence-electron chi connectivity index (χ0n) is 12.3. The average Bonchev–Trinajstić information content (AvgIpc) is 2.87. The van der Waals surface area contributed by atoms with Gasteiger partial charge in [0, 0.05) is 30.9 Å². The molecular formula is C15H19F5N2. The van der Waals surface area contributed by atoms with E-state index < -0.39 is 24.4 Å². The maximum Gasteiger partial charge on any atom is 0.401 e. The molecule has 124 valence electrons. The lowest BCUT2D eigenvalue weighted by atomic mass is 10.00. The second kappa shape index (κ2) is 6.81. The van der Waals surface area contributed by atoms with Gasteiger partial charge in [-0.3, -0.25) is 0 Å². The highest BCUT2D eigenvalue weighted by Gasteiger charge is 2.29. The quantitative estimate of drug-likeness (QED) is 0.831. The van der Waals surface area contributed by atoms with Gasteiger partial charge in [-0.15, -0.1) is 0 Å². The molecule has 7 heteroatoms. The molecule has 1 aliphatic heterocycles. The van der Waals surface area contributed by atoms with E-state index in [2.05, 4.69) is 5.32 Å². The minimum Gasteiger partial charge on any atom is -0.371 e. The van der Waals surface area contributed by atoms with Crippen LogP contribution in [0.3, 0.4) is 0 Å². The van der Waals surface area contributed by atoms with Gasteiger partial charge in [0.15, 0.2) is 11.6 Å². The molecule has 0 amide bonds. The molecule has 1 saturated heterocycles. The summed E-state index contributed by atoms with van der Waals surface area (Å²) in [5.41, 5.74) is 0.609. The van der Waals surface area contributed by atoms with Gasteiger partial charge in [0.25, 0.3) is 0 Å². The Bertz CT molecular complexity index is 503. The van der Waals surface area contributed by atoms with Crippen LogP contribution in [0.15, 0.2) is 18.2 Å². The van der Waals surface area contributed by atoms with Crippen LogP contribution < -0.4 is 10.2 Å². The molecular weight excluding hydrogens is 303 g/mol. The van der Waals surface area contributed by atoms with Crippen molar-refractivity contribution in [1.82, 2.24) is 5.32 Å². The molecule has 2 nitrogen and oxygen atoms in total. The molecule has 0 spiro atoms. The molecule has 1 aromatic carbocycles. The standard InChI is InChI=1S/C15H19F5N2/c1-10(21-9-15(18,19)20)6-11-4-5-22(8-11)12-2-3-13(16)14(17)7-12/h2-3,7,10-11,21H,4-6,8-9H2,1H3. The fraction of sp³-hybridized carbons (Fsp3) is 0.600. The molecule has 0 aromatic heterocycles.